The molecule has 7 heteroatoms. The van der Waals surface area contributed by atoms with Crippen molar-refractivity contribution >= 4 is 17.2 Å². The van der Waals surface area contributed by atoms with Crippen LogP contribution in [0.5, 0.6) is 0 Å². The molecule has 2 aliphatic rings. The van der Waals surface area contributed by atoms with Crippen LogP contribution in [0, 0.1) is 25.7 Å². The molecule has 134 valence electrons. The quantitative estimate of drug-likeness (QED) is 0.844. The number of aliphatic hydroxyl groups is 1. The third-order valence-corrected chi connectivity index (χ3v) is 6.14. The summed E-state index contributed by atoms with van der Waals surface area (Å²) < 4.78 is 5.40. The number of hydrogen-bond donors (Lipinski definition) is 1. The van der Waals surface area contributed by atoms with Crippen LogP contribution < -0.4 is 0 Å². The van der Waals surface area contributed by atoms with Crippen LogP contribution in [-0.4, -0.2) is 78.3 Å². The molecule has 2 saturated heterocycles. The molecule has 0 saturated carbocycles. The van der Waals surface area contributed by atoms with Crippen molar-refractivity contribution in [1.82, 2.24) is 14.8 Å². The smallest absolute Gasteiger partial charge is 0.227 e. The summed E-state index contributed by atoms with van der Waals surface area (Å²) in [5.41, 5.74) is 0.966. The van der Waals surface area contributed by atoms with E-state index in [2.05, 4.69) is 9.88 Å². The summed E-state index contributed by atoms with van der Waals surface area (Å²) >= 11 is 1.61. The second kappa shape index (κ2) is 7.91. The molecule has 0 radical (unpaired) electrons. The molecule has 24 heavy (non-hydrogen) atoms. The van der Waals surface area contributed by atoms with E-state index in [1.165, 1.54) is 0 Å². The fourth-order valence-corrected chi connectivity index (χ4v) is 4.59. The van der Waals surface area contributed by atoms with E-state index in [1.807, 2.05) is 18.7 Å². The van der Waals surface area contributed by atoms with Gasteiger partial charge in [0, 0.05) is 50.1 Å². The molecule has 3 rings (SSSR count). The van der Waals surface area contributed by atoms with Gasteiger partial charge >= 0.3 is 0 Å². The monoisotopic (exact) mass is 353 g/mol. The number of morpholine rings is 1. The zero-order valence-corrected chi connectivity index (χ0v) is 15.3. The number of hydrogen-bond acceptors (Lipinski definition) is 6. The molecule has 0 aromatic carbocycles. The summed E-state index contributed by atoms with van der Waals surface area (Å²) in [5, 5.41) is 10.7. The van der Waals surface area contributed by atoms with Gasteiger partial charge in [0.05, 0.1) is 30.3 Å². The molecular weight excluding hydrogens is 326 g/mol. The second-order valence-corrected chi connectivity index (χ2v) is 8.12. The summed E-state index contributed by atoms with van der Waals surface area (Å²) in [6.45, 7) is 9.90. The number of rotatable bonds is 5. The van der Waals surface area contributed by atoms with Crippen molar-refractivity contribution in [2.75, 3.05) is 52.5 Å². The van der Waals surface area contributed by atoms with Crippen molar-refractivity contribution in [3.05, 3.63) is 15.6 Å². The number of aliphatic hydroxyl groups excluding tert-OH is 1. The summed E-state index contributed by atoms with van der Waals surface area (Å²) in [4.78, 5) is 22.5. The fraction of sp³-hybridized carbons (Fsp3) is 0.765. The summed E-state index contributed by atoms with van der Waals surface area (Å²) in [7, 11) is 0. The number of ether oxygens (including phenoxy) is 1. The standard InChI is InChI=1S/C17H27N3O3S/c1-12-16(24-13(2)18-12)7-17(22)20-9-14(15(10-20)11-21)8-19-3-5-23-6-4-19/h14-15,21H,3-11H2,1-2H3. The lowest BCUT2D eigenvalue weighted by molar-refractivity contribution is -0.129. The van der Waals surface area contributed by atoms with Gasteiger partial charge in [-0.25, -0.2) is 4.98 Å². The van der Waals surface area contributed by atoms with Crippen molar-refractivity contribution in [3.63, 3.8) is 0 Å². The minimum Gasteiger partial charge on any atom is -0.396 e. The van der Waals surface area contributed by atoms with E-state index in [9.17, 15) is 9.90 Å². The van der Waals surface area contributed by atoms with Crippen molar-refractivity contribution in [1.29, 1.82) is 0 Å². The number of carbonyl (C=O) groups is 1. The molecule has 0 bridgehead atoms. The van der Waals surface area contributed by atoms with E-state index in [-0.39, 0.29) is 18.4 Å². The van der Waals surface area contributed by atoms with E-state index >= 15 is 0 Å². The van der Waals surface area contributed by atoms with Crippen LogP contribution in [0.15, 0.2) is 0 Å². The highest BCUT2D eigenvalue weighted by Crippen LogP contribution is 2.26. The molecule has 1 N–H and O–H groups in total. The Balaban J connectivity index is 1.58. The van der Waals surface area contributed by atoms with Gasteiger partial charge < -0.3 is 14.7 Å². The largest absolute Gasteiger partial charge is 0.396 e. The summed E-state index contributed by atoms with van der Waals surface area (Å²) in [6, 6.07) is 0. The van der Waals surface area contributed by atoms with Crippen molar-refractivity contribution in [2.24, 2.45) is 11.8 Å². The van der Waals surface area contributed by atoms with Gasteiger partial charge in [-0.05, 0) is 19.8 Å². The Hall–Kier alpha value is -1.02. The maximum absolute atomic E-state index is 12.7. The average molecular weight is 353 g/mol. The van der Waals surface area contributed by atoms with Crippen LogP contribution in [-0.2, 0) is 16.0 Å². The van der Waals surface area contributed by atoms with Gasteiger partial charge in [-0.2, -0.15) is 0 Å². The lowest BCUT2D eigenvalue weighted by Gasteiger charge is -2.30. The predicted octanol–water partition coefficient (Wildman–Crippen LogP) is 0.702. The zero-order chi connectivity index (χ0) is 17.1. The van der Waals surface area contributed by atoms with Crippen molar-refractivity contribution < 1.29 is 14.6 Å². The molecule has 0 spiro atoms. The van der Waals surface area contributed by atoms with Gasteiger partial charge in [0.2, 0.25) is 5.91 Å². The first-order valence-corrected chi connectivity index (χ1v) is 9.50. The maximum Gasteiger partial charge on any atom is 0.227 e. The molecule has 2 unspecified atom stereocenters. The third kappa shape index (κ3) is 4.14. The van der Waals surface area contributed by atoms with Crippen LogP contribution in [0.3, 0.4) is 0 Å². The Morgan fingerprint density at radius 3 is 2.62 bits per heavy atom. The normalized spacial score (nSPS) is 25.4. The molecule has 2 aliphatic heterocycles. The summed E-state index contributed by atoms with van der Waals surface area (Å²) in [6.07, 6.45) is 0.430. The first kappa shape index (κ1) is 17.8. The highest BCUT2D eigenvalue weighted by molar-refractivity contribution is 7.11. The minimum absolute atomic E-state index is 0.150. The number of nitrogens with zero attached hydrogens (tertiary/aromatic N) is 3. The van der Waals surface area contributed by atoms with E-state index in [1.54, 1.807) is 11.3 Å². The van der Waals surface area contributed by atoms with E-state index in [4.69, 9.17) is 4.74 Å². The zero-order valence-electron chi connectivity index (χ0n) is 14.5. The number of carbonyl (C=O) groups excluding carboxylic acids is 1. The van der Waals surface area contributed by atoms with Crippen LogP contribution in [0.4, 0.5) is 0 Å². The van der Waals surface area contributed by atoms with Gasteiger partial charge in [-0.15, -0.1) is 11.3 Å². The van der Waals surface area contributed by atoms with Crippen molar-refractivity contribution in [2.45, 2.75) is 20.3 Å². The molecular formula is C17H27N3O3S. The SMILES string of the molecule is Cc1nc(C)c(CC(=O)N2CC(CO)C(CN3CCOCC3)C2)s1. The van der Waals surface area contributed by atoms with Crippen LogP contribution in [0.1, 0.15) is 15.6 Å². The number of amides is 1. The molecule has 3 heterocycles. The van der Waals surface area contributed by atoms with Crippen molar-refractivity contribution in [3.8, 4) is 0 Å². The molecule has 2 atom stereocenters. The molecule has 1 aromatic heterocycles. The van der Waals surface area contributed by atoms with Gasteiger partial charge in [-0.1, -0.05) is 0 Å². The molecule has 2 fully saturated rings. The Kier molecular flexibility index (Phi) is 5.86. The fourth-order valence-electron chi connectivity index (χ4n) is 3.66. The Bertz CT molecular complexity index is 571. The van der Waals surface area contributed by atoms with Gasteiger partial charge in [0.15, 0.2) is 0 Å². The number of aryl methyl sites for hydroxylation is 2. The lowest BCUT2D eigenvalue weighted by atomic mass is 9.96. The first-order chi connectivity index (χ1) is 11.6. The lowest BCUT2D eigenvalue weighted by Crippen LogP contribution is -2.41. The van der Waals surface area contributed by atoms with Crippen LogP contribution >= 0.6 is 11.3 Å². The van der Waals surface area contributed by atoms with E-state index in [0.29, 0.717) is 18.9 Å². The maximum atomic E-state index is 12.7. The highest BCUT2D eigenvalue weighted by Gasteiger charge is 2.36. The van der Waals surface area contributed by atoms with Gasteiger partial charge in [0.1, 0.15) is 0 Å². The highest BCUT2D eigenvalue weighted by atomic mass is 32.1. The molecule has 0 aliphatic carbocycles. The predicted molar refractivity (Wildman–Crippen MR) is 93.2 cm³/mol. The number of likely N-dealkylation sites (tertiary alicyclic amines) is 1. The number of aromatic nitrogens is 1. The Morgan fingerprint density at radius 2 is 2.00 bits per heavy atom. The van der Waals surface area contributed by atoms with Crippen LogP contribution in [0.25, 0.3) is 0 Å². The molecule has 6 nitrogen and oxygen atoms in total. The minimum atomic E-state index is 0.150. The topological polar surface area (TPSA) is 65.9 Å². The second-order valence-electron chi connectivity index (χ2n) is 6.83. The number of thiazole rings is 1. The summed E-state index contributed by atoms with van der Waals surface area (Å²) in [5.74, 6) is 0.687. The van der Waals surface area contributed by atoms with Gasteiger partial charge in [-0.3, -0.25) is 9.69 Å². The third-order valence-electron chi connectivity index (χ3n) is 5.07. The molecule has 1 aromatic rings. The Morgan fingerprint density at radius 1 is 1.29 bits per heavy atom. The van der Waals surface area contributed by atoms with E-state index in [0.717, 1.165) is 55.0 Å². The molecule has 1 amide bonds. The first-order valence-electron chi connectivity index (χ1n) is 8.68. The van der Waals surface area contributed by atoms with Crippen LogP contribution in [0.2, 0.25) is 0 Å². The van der Waals surface area contributed by atoms with Gasteiger partial charge in [0.25, 0.3) is 0 Å². The Labute approximate surface area is 147 Å². The van der Waals surface area contributed by atoms with E-state index < -0.39 is 0 Å². The average Bonchev–Trinajstić information content (AvgIpc) is 3.11.